The van der Waals surface area contributed by atoms with E-state index in [0.717, 1.165) is 33.7 Å². The van der Waals surface area contributed by atoms with Gasteiger partial charge in [-0.25, -0.2) is 0 Å². The molecule has 7 nitrogen and oxygen atoms in total. The third-order valence-electron chi connectivity index (χ3n) is 10.0. The largest absolute Gasteiger partial charge is 0.351 e. The van der Waals surface area contributed by atoms with Crippen molar-refractivity contribution in [2.45, 2.75) is 71.6 Å². The lowest BCUT2D eigenvalue weighted by atomic mass is 9.68. The quantitative estimate of drug-likeness (QED) is 0.134. The molecule has 4 aromatic rings. The predicted octanol–water partition coefficient (Wildman–Crippen LogP) is 9.22. The topological polar surface area (TPSA) is 113 Å². The van der Waals surface area contributed by atoms with E-state index >= 15 is 0 Å². The first-order valence-electron chi connectivity index (χ1n) is 17.3. The molecule has 1 atom stereocenters. The molecule has 0 aromatic heterocycles. The Bertz CT molecular complexity index is 1890. The monoisotopic (exact) mass is 714 g/mol. The fraction of sp³-hybridized carbons (Fsp3) is 0.366. The van der Waals surface area contributed by atoms with Gasteiger partial charge < -0.3 is 10.6 Å². The molecule has 0 radical (unpaired) electrons. The van der Waals surface area contributed by atoms with Crippen LogP contribution in [0.2, 0.25) is 5.02 Å². The van der Waals surface area contributed by atoms with Gasteiger partial charge in [0, 0.05) is 22.8 Å². The fourth-order valence-electron chi connectivity index (χ4n) is 6.99. The smallest absolute Gasteiger partial charge is 0.266 e. The first kappa shape index (κ1) is 37.3. The maximum Gasteiger partial charge on any atom is 0.266 e. The molecule has 0 unspecified atom stereocenters. The van der Waals surface area contributed by atoms with Gasteiger partial charge in [-0.2, -0.15) is 8.42 Å². The van der Waals surface area contributed by atoms with E-state index in [1.54, 1.807) is 12.1 Å². The van der Waals surface area contributed by atoms with E-state index in [-0.39, 0.29) is 12.5 Å². The Labute approximate surface area is 301 Å². The molecule has 0 bridgehead atoms. The number of carbonyl (C=O) groups excluding carboxylic acids is 2. The molecule has 1 aliphatic rings. The summed E-state index contributed by atoms with van der Waals surface area (Å²) in [7, 11) is -4.17. The van der Waals surface area contributed by atoms with Gasteiger partial charge >= 0.3 is 0 Å². The fourth-order valence-corrected chi connectivity index (χ4v) is 7.58. The van der Waals surface area contributed by atoms with Crippen LogP contribution in [0.5, 0.6) is 0 Å². The van der Waals surface area contributed by atoms with E-state index < -0.39 is 27.7 Å². The van der Waals surface area contributed by atoms with E-state index in [1.807, 2.05) is 61.5 Å². The molecular weight excluding hydrogens is 668 g/mol. The molecule has 2 amide bonds. The second-order valence-electron chi connectivity index (χ2n) is 14.6. The maximum absolute atomic E-state index is 14.0. The van der Waals surface area contributed by atoms with E-state index in [9.17, 15) is 18.0 Å². The summed E-state index contributed by atoms with van der Waals surface area (Å²) in [5.41, 5.74) is 7.66. The number of carbonyl (C=O) groups is 2. The molecule has 0 heterocycles. The van der Waals surface area contributed by atoms with Crippen molar-refractivity contribution in [1.29, 1.82) is 0 Å². The number of rotatable bonds is 11. The van der Waals surface area contributed by atoms with E-state index in [0.29, 0.717) is 34.0 Å². The zero-order valence-corrected chi connectivity index (χ0v) is 30.8. The Kier molecular flexibility index (Phi) is 11.9. The van der Waals surface area contributed by atoms with Gasteiger partial charge in [0.25, 0.3) is 16.0 Å². The Morgan fingerprint density at radius 2 is 1.52 bits per heavy atom. The molecule has 0 aliphatic heterocycles. The number of hydrogen-bond acceptors (Lipinski definition) is 4. The normalized spacial score (nSPS) is 17.2. The highest BCUT2D eigenvalue weighted by Crippen LogP contribution is 2.43. The predicted molar refractivity (Wildman–Crippen MR) is 202 cm³/mol. The minimum absolute atomic E-state index is 0.133. The molecule has 1 saturated carbocycles. The molecule has 0 spiro atoms. The van der Waals surface area contributed by atoms with Gasteiger partial charge in [0.15, 0.2) is 0 Å². The molecule has 50 heavy (non-hydrogen) atoms. The molecule has 3 N–H and O–H groups in total. The van der Waals surface area contributed by atoms with Crippen molar-refractivity contribution in [3.63, 3.8) is 0 Å². The molecular formula is C41H47ClN2O5S. The summed E-state index contributed by atoms with van der Waals surface area (Å²) < 4.78 is 30.9. The van der Waals surface area contributed by atoms with Gasteiger partial charge in [-0.15, -0.1) is 0 Å². The highest BCUT2D eigenvalue weighted by molar-refractivity contribution is 7.85. The van der Waals surface area contributed by atoms with Crippen LogP contribution in [-0.4, -0.2) is 37.1 Å². The summed E-state index contributed by atoms with van der Waals surface area (Å²) >= 11 is 6.16. The average molecular weight is 715 g/mol. The van der Waals surface area contributed by atoms with Crippen molar-refractivity contribution in [2.75, 3.05) is 17.6 Å². The molecule has 9 heteroatoms. The molecule has 4 aromatic carbocycles. The van der Waals surface area contributed by atoms with Crippen LogP contribution in [0, 0.1) is 18.3 Å². The van der Waals surface area contributed by atoms with Gasteiger partial charge in [-0.1, -0.05) is 87.0 Å². The number of nitrogens with one attached hydrogen (secondary N) is 2. The van der Waals surface area contributed by atoms with Crippen molar-refractivity contribution < 1.29 is 22.6 Å². The van der Waals surface area contributed by atoms with Crippen LogP contribution >= 0.6 is 11.6 Å². The van der Waals surface area contributed by atoms with Crippen molar-refractivity contribution in [1.82, 2.24) is 5.32 Å². The Morgan fingerprint density at radius 1 is 0.880 bits per heavy atom. The summed E-state index contributed by atoms with van der Waals surface area (Å²) in [6.45, 7) is 8.83. The number of amides is 2. The Hall–Kier alpha value is -3.98. The van der Waals surface area contributed by atoms with Crippen molar-refractivity contribution in [2.24, 2.45) is 11.3 Å². The lowest BCUT2D eigenvalue weighted by Crippen LogP contribution is -2.28. The average Bonchev–Trinajstić information content (AvgIpc) is 3.07. The second-order valence-corrected chi connectivity index (χ2v) is 16.6. The van der Waals surface area contributed by atoms with E-state index in [4.69, 9.17) is 16.2 Å². The third-order valence-corrected chi connectivity index (χ3v) is 11.0. The van der Waals surface area contributed by atoms with Crippen LogP contribution in [0.3, 0.4) is 0 Å². The number of hydrogen-bond donors (Lipinski definition) is 3. The SMILES string of the molecule is Cc1cc(Cl)ccc1-c1ccc(NC(=O)[C@H](Cc2ccc(C(=O)NCCS(=O)(=O)O)cc2)c2ccc([C@H]3CC[C@H](C(C)(C)C)CC3)cc2)cc1. The maximum atomic E-state index is 14.0. The molecule has 5 rings (SSSR count). The molecule has 1 aliphatic carbocycles. The minimum atomic E-state index is -4.17. The van der Waals surface area contributed by atoms with Crippen LogP contribution < -0.4 is 10.6 Å². The molecule has 1 fully saturated rings. The third kappa shape index (κ3) is 10.1. The van der Waals surface area contributed by atoms with Gasteiger partial charge in [0.1, 0.15) is 0 Å². The first-order chi connectivity index (χ1) is 23.7. The van der Waals surface area contributed by atoms with Gasteiger partial charge in [-0.05, 0) is 126 Å². The molecule has 0 saturated heterocycles. The zero-order valence-electron chi connectivity index (χ0n) is 29.2. The summed E-state index contributed by atoms with van der Waals surface area (Å²) in [4.78, 5) is 26.5. The standard InChI is InChI=1S/C41H47ClN2O5S/c1-27-25-35(42)19-22-37(27)31-15-20-36(21-16-31)44-40(46)38(26-28-5-7-33(8-6-28)39(45)43-23-24-50(47,48)49)32-11-9-29(10-12-32)30-13-17-34(18-14-30)41(2,3)4/h5-12,15-16,19-22,25,30,34,38H,13-14,17-18,23-24,26H2,1-4H3,(H,43,45)(H,44,46)(H,47,48,49)/t30-,34-,38-/m1/s1. The summed E-state index contributed by atoms with van der Waals surface area (Å²) in [5.74, 6) is -0.370. The summed E-state index contributed by atoms with van der Waals surface area (Å²) in [6.07, 6.45) is 5.21. The van der Waals surface area contributed by atoms with Crippen LogP contribution in [0.1, 0.15) is 90.9 Å². The highest BCUT2D eigenvalue weighted by atomic mass is 35.5. The first-order valence-corrected chi connectivity index (χ1v) is 19.2. The lowest BCUT2D eigenvalue weighted by Gasteiger charge is -2.37. The number of anilines is 1. The van der Waals surface area contributed by atoms with Crippen molar-refractivity contribution in [3.05, 3.63) is 124 Å². The summed E-state index contributed by atoms with van der Waals surface area (Å²) in [6, 6.07) is 29.0. The van der Waals surface area contributed by atoms with Crippen molar-refractivity contribution in [3.8, 4) is 11.1 Å². The number of aryl methyl sites for hydroxylation is 1. The minimum Gasteiger partial charge on any atom is -0.351 e. The Morgan fingerprint density at radius 3 is 2.10 bits per heavy atom. The van der Waals surface area contributed by atoms with Gasteiger partial charge in [-0.3, -0.25) is 14.1 Å². The number of benzene rings is 4. The Balaban J connectivity index is 1.33. The van der Waals surface area contributed by atoms with Gasteiger partial charge in [0.05, 0.1) is 11.7 Å². The second kappa shape index (κ2) is 15.9. The summed E-state index contributed by atoms with van der Waals surface area (Å²) in [5, 5.41) is 6.32. The van der Waals surface area contributed by atoms with Crippen LogP contribution in [-0.2, 0) is 21.3 Å². The van der Waals surface area contributed by atoms with E-state index in [1.165, 1.54) is 31.2 Å². The lowest BCUT2D eigenvalue weighted by molar-refractivity contribution is -0.117. The van der Waals surface area contributed by atoms with Gasteiger partial charge in [0.2, 0.25) is 5.91 Å². The highest BCUT2D eigenvalue weighted by Gasteiger charge is 2.30. The molecule has 264 valence electrons. The number of halogens is 1. The van der Waals surface area contributed by atoms with Crippen LogP contribution in [0.25, 0.3) is 11.1 Å². The van der Waals surface area contributed by atoms with Crippen molar-refractivity contribution >= 4 is 39.2 Å². The van der Waals surface area contributed by atoms with E-state index in [2.05, 4.69) is 55.7 Å². The zero-order chi connectivity index (χ0) is 36.1. The van der Waals surface area contributed by atoms with Crippen LogP contribution in [0.15, 0.2) is 91.0 Å². The van der Waals surface area contributed by atoms with Crippen LogP contribution in [0.4, 0.5) is 5.69 Å².